The highest BCUT2D eigenvalue weighted by atomic mass is 32.5. The van der Waals surface area contributed by atoms with Crippen molar-refractivity contribution in [2.45, 2.75) is 12.5 Å². The Morgan fingerprint density at radius 2 is 2.67 bits per heavy atom. The maximum Gasteiger partial charge on any atom is 0.0843 e. The normalized spacial score (nSPS) is 42.2. The van der Waals surface area contributed by atoms with Gasteiger partial charge in [-0.3, -0.25) is 0 Å². The average molecular weight is 209 g/mol. The molecule has 3 unspecified atom stereocenters. The Morgan fingerprint density at radius 3 is 3.08 bits per heavy atom. The smallest absolute Gasteiger partial charge is 0.0843 e. The van der Waals surface area contributed by atoms with Gasteiger partial charge in [-0.2, -0.15) is 0 Å². The molecule has 0 aromatic carbocycles. The first-order valence-corrected chi connectivity index (χ1v) is 6.73. The lowest BCUT2D eigenvalue weighted by atomic mass is 10.1. The van der Waals surface area contributed by atoms with Crippen LogP contribution in [0.15, 0.2) is 0 Å². The van der Waals surface area contributed by atoms with Gasteiger partial charge in [0.1, 0.15) is 0 Å². The van der Waals surface area contributed by atoms with E-state index in [4.69, 9.17) is 17.6 Å². The van der Waals surface area contributed by atoms with Crippen LogP contribution in [0.2, 0.25) is 0 Å². The maximum atomic E-state index is 11.0. The van der Waals surface area contributed by atoms with Crippen LogP contribution >= 0.6 is 6.49 Å². The van der Waals surface area contributed by atoms with E-state index in [-0.39, 0.29) is 18.6 Å². The van der Waals surface area contributed by atoms with Crippen molar-refractivity contribution in [3.05, 3.63) is 6.92 Å². The molecular weight excluding hydrogens is 195 g/mol. The van der Waals surface area contributed by atoms with Crippen molar-refractivity contribution < 1.29 is 15.5 Å². The summed E-state index contributed by atoms with van der Waals surface area (Å²) in [5, 5.41) is 0. The molecule has 1 rings (SSSR count). The first-order valence-electron chi connectivity index (χ1n) is 4.22. The Bertz CT molecular complexity index is 220. The highest BCUT2D eigenvalue weighted by Gasteiger charge is 2.24. The van der Waals surface area contributed by atoms with Gasteiger partial charge in [-0.05, 0) is 32.4 Å². The Kier molecular flexibility index (Phi) is 3.15. The fourth-order valence-electron chi connectivity index (χ4n) is 0.915. The predicted octanol–water partition coefficient (Wildman–Crippen LogP) is 0.419. The van der Waals surface area contributed by atoms with E-state index in [1.54, 1.807) is 0 Å². The van der Waals surface area contributed by atoms with E-state index in [0.717, 1.165) is 0 Å². The number of rotatable bonds is 3. The van der Waals surface area contributed by atoms with Crippen molar-refractivity contribution >= 4 is 18.3 Å². The molecule has 0 amide bonds. The molecular formula is C7H12O3PS-. The van der Waals surface area contributed by atoms with E-state index in [2.05, 4.69) is 11.8 Å². The second kappa shape index (κ2) is 4.16. The molecule has 0 saturated carbocycles. The van der Waals surface area contributed by atoms with Crippen LogP contribution < -0.4 is 4.89 Å². The first-order chi connectivity index (χ1) is 5.88. The van der Waals surface area contributed by atoms with Crippen molar-refractivity contribution in [1.82, 2.24) is 0 Å². The fourth-order valence-corrected chi connectivity index (χ4v) is 1.51. The van der Waals surface area contributed by atoms with Gasteiger partial charge < -0.3 is 14.2 Å². The van der Waals surface area contributed by atoms with Crippen molar-refractivity contribution in [1.29, 1.82) is 0 Å². The van der Waals surface area contributed by atoms with Gasteiger partial charge in [0.05, 0.1) is 14.1 Å². The summed E-state index contributed by atoms with van der Waals surface area (Å²) >= 11 is 4.58. The van der Waals surface area contributed by atoms with Gasteiger partial charge in [0, 0.05) is 6.58 Å². The molecule has 0 aromatic heterocycles. The van der Waals surface area contributed by atoms with Crippen LogP contribution in [0.5, 0.6) is 0 Å². The van der Waals surface area contributed by atoms with Gasteiger partial charge in [-0.25, -0.2) is 0 Å². The summed E-state index contributed by atoms with van der Waals surface area (Å²) in [5.41, 5.74) is 0. The predicted molar refractivity (Wildman–Crippen MR) is 48.3 cm³/mol. The summed E-state index contributed by atoms with van der Waals surface area (Å²) in [6, 6.07) is 0. The van der Waals surface area contributed by atoms with Crippen LogP contribution in [0.1, 0.15) is 7.79 Å². The average Bonchev–Trinajstić information content (AvgIpc) is 2.24. The highest BCUT2D eigenvalue weighted by molar-refractivity contribution is 8.08. The molecule has 4 atom stereocenters. The topological polar surface area (TPSA) is 41.5 Å². The van der Waals surface area contributed by atoms with Crippen molar-refractivity contribution in [3.8, 4) is 0 Å². The van der Waals surface area contributed by atoms with E-state index in [1.165, 1.54) is 6.66 Å². The lowest BCUT2D eigenvalue weighted by Crippen LogP contribution is -2.21. The monoisotopic (exact) mass is 209 g/mol. The lowest BCUT2D eigenvalue weighted by molar-refractivity contribution is -0.182. The van der Waals surface area contributed by atoms with Gasteiger partial charge in [0.15, 0.2) is 0 Å². The quantitative estimate of drug-likeness (QED) is 0.632. The number of ether oxygens (including phenoxy) is 1. The van der Waals surface area contributed by atoms with Crippen LogP contribution in [-0.2, 0) is 21.1 Å². The van der Waals surface area contributed by atoms with Crippen LogP contribution in [0.25, 0.3) is 0 Å². The number of hydrogen-bond donors (Lipinski definition) is 0. The van der Waals surface area contributed by atoms with E-state index in [0.29, 0.717) is 6.42 Å². The summed E-state index contributed by atoms with van der Waals surface area (Å²) in [6.45, 7) is 3.66. The molecule has 0 bridgehead atoms. The molecule has 3 nitrogen and oxygen atoms in total. The third kappa shape index (κ3) is 3.50. The van der Waals surface area contributed by atoms with E-state index in [9.17, 15) is 4.89 Å². The summed E-state index contributed by atoms with van der Waals surface area (Å²) in [6.07, 6.45) is 0.137. The zero-order valence-electron chi connectivity index (χ0n) is 7.80. The summed E-state index contributed by atoms with van der Waals surface area (Å²) in [4.78, 5) is 11.0. The van der Waals surface area contributed by atoms with Gasteiger partial charge >= 0.3 is 0 Å². The van der Waals surface area contributed by atoms with Gasteiger partial charge in [-0.1, -0.05) is 11.8 Å². The summed E-state index contributed by atoms with van der Waals surface area (Å²) < 4.78 is 17.3. The fraction of sp³-hybridized carbons (Fsp3) is 0.857. The second-order valence-electron chi connectivity index (χ2n) is 2.81. The van der Waals surface area contributed by atoms with E-state index >= 15 is 0 Å². The zero-order chi connectivity index (χ0) is 10.1. The third-order valence-electron chi connectivity index (χ3n) is 1.59. The molecule has 1 heterocycles. The SMILES string of the molecule is [3H]C1CC([CH])[C@@H](COP(C)([O-])=S)O1. The molecule has 1 aliphatic heterocycles. The Morgan fingerprint density at radius 1 is 2.00 bits per heavy atom. The summed E-state index contributed by atoms with van der Waals surface area (Å²) in [5.74, 6) is -0.218. The molecule has 1 fully saturated rings. The Hall–Kier alpha value is 0.530. The summed E-state index contributed by atoms with van der Waals surface area (Å²) in [7, 11) is 0. The maximum absolute atomic E-state index is 11.0. The third-order valence-corrected chi connectivity index (χ3v) is 2.52. The molecule has 1 aliphatic rings. The van der Waals surface area contributed by atoms with Crippen LogP contribution in [-0.4, -0.2) is 26.0 Å². The van der Waals surface area contributed by atoms with E-state index < -0.39 is 13.1 Å². The molecule has 5 heteroatoms. The molecule has 0 N–H and O–H groups in total. The van der Waals surface area contributed by atoms with Gasteiger partial charge in [0.25, 0.3) is 0 Å². The Labute approximate surface area is 79.6 Å². The second-order valence-corrected chi connectivity index (χ2v) is 6.60. The highest BCUT2D eigenvalue weighted by Crippen LogP contribution is 2.33. The standard InChI is InChI=1S/C7H13O3PS/c1-6-3-4-9-7(6)5-10-11(2,8)12/h1,6-7H,3-5H2,2H3,(H,8,12)/p-1/t6?,7-,11?/m1/s1/i4T/t4?,6?,7-,11?. The van der Waals surface area contributed by atoms with Crippen molar-refractivity contribution in [3.63, 3.8) is 0 Å². The minimum atomic E-state index is -2.88. The molecule has 12 heavy (non-hydrogen) atoms. The molecule has 0 spiro atoms. The molecule has 1 saturated heterocycles. The lowest BCUT2D eigenvalue weighted by Gasteiger charge is -2.25. The largest absolute Gasteiger partial charge is 0.801 e. The van der Waals surface area contributed by atoms with E-state index in [1.807, 2.05) is 0 Å². The molecule has 70 valence electrons. The molecule has 2 radical (unpaired) electrons. The van der Waals surface area contributed by atoms with Crippen molar-refractivity contribution in [2.75, 3.05) is 19.9 Å². The number of hydrogen-bond acceptors (Lipinski definition) is 4. The van der Waals surface area contributed by atoms with Crippen molar-refractivity contribution in [2.24, 2.45) is 5.92 Å². The van der Waals surface area contributed by atoms with Gasteiger partial charge in [0.2, 0.25) is 0 Å². The van der Waals surface area contributed by atoms with Crippen LogP contribution in [0.3, 0.4) is 0 Å². The zero-order valence-corrected chi connectivity index (χ0v) is 8.51. The first kappa shape index (κ1) is 9.10. The van der Waals surface area contributed by atoms with Crippen LogP contribution in [0, 0.1) is 12.8 Å². The van der Waals surface area contributed by atoms with Crippen LogP contribution in [0.4, 0.5) is 0 Å². The van der Waals surface area contributed by atoms with Gasteiger partial charge in [-0.15, -0.1) is 0 Å². The molecule has 0 aliphatic carbocycles. The Balaban J connectivity index is 2.34. The minimum absolute atomic E-state index is 0.119. The minimum Gasteiger partial charge on any atom is -0.801 e. The molecule has 0 aromatic rings.